The summed E-state index contributed by atoms with van der Waals surface area (Å²) in [5.41, 5.74) is 0. The van der Waals surface area contributed by atoms with Gasteiger partial charge in [-0.3, -0.25) is 4.79 Å². The second-order valence-corrected chi connectivity index (χ2v) is 4.37. The van der Waals surface area contributed by atoms with E-state index in [9.17, 15) is 14.4 Å². The average Bonchev–Trinajstić information content (AvgIpc) is 2.41. The van der Waals surface area contributed by atoms with E-state index in [1.54, 1.807) is 6.92 Å². The van der Waals surface area contributed by atoms with Gasteiger partial charge in [-0.1, -0.05) is 20.3 Å². The van der Waals surface area contributed by atoms with Gasteiger partial charge < -0.3 is 25.8 Å². The van der Waals surface area contributed by atoms with Crippen LogP contribution in [-0.2, 0) is 14.3 Å². The molecule has 20 heavy (non-hydrogen) atoms. The predicted molar refractivity (Wildman–Crippen MR) is 72.3 cm³/mol. The van der Waals surface area contributed by atoms with Gasteiger partial charge in [-0.15, -0.1) is 0 Å². The summed E-state index contributed by atoms with van der Waals surface area (Å²) in [6.07, 6.45) is 0.620. The third-order valence-electron chi connectivity index (χ3n) is 2.80. The van der Waals surface area contributed by atoms with E-state index in [0.29, 0.717) is 19.6 Å². The average molecular weight is 289 g/mol. The maximum atomic E-state index is 11.5. The number of carboxylic acid groups (broad SMARTS) is 1. The number of ether oxygens (including phenoxy) is 1. The normalized spacial score (nSPS) is 13.2. The summed E-state index contributed by atoms with van der Waals surface area (Å²) in [6.45, 7) is 4.08. The molecule has 0 aliphatic rings. The fourth-order valence-electron chi connectivity index (χ4n) is 1.39. The van der Waals surface area contributed by atoms with Crippen LogP contribution in [-0.4, -0.2) is 55.9 Å². The van der Waals surface area contributed by atoms with Gasteiger partial charge in [0.25, 0.3) is 0 Å². The number of aliphatic carboxylic acids is 1. The molecule has 3 amide bonds. The van der Waals surface area contributed by atoms with Crippen LogP contribution in [0, 0.1) is 5.92 Å². The van der Waals surface area contributed by atoms with E-state index >= 15 is 0 Å². The largest absolute Gasteiger partial charge is 0.480 e. The fraction of sp³-hybridized carbons (Fsp3) is 0.750. The number of rotatable bonds is 9. The Morgan fingerprint density at radius 3 is 2.40 bits per heavy atom. The van der Waals surface area contributed by atoms with Crippen molar-refractivity contribution in [2.24, 2.45) is 5.92 Å². The van der Waals surface area contributed by atoms with E-state index < -0.39 is 18.0 Å². The van der Waals surface area contributed by atoms with Crippen molar-refractivity contribution in [3.8, 4) is 0 Å². The van der Waals surface area contributed by atoms with Crippen LogP contribution in [0.4, 0.5) is 4.79 Å². The van der Waals surface area contributed by atoms with Gasteiger partial charge in [-0.25, -0.2) is 9.59 Å². The lowest BCUT2D eigenvalue weighted by molar-refractivity contribution is -0.140. The van der Waals surface area contributed by atoms with E-state index in [0.717, 1.165) is 0 Å². The lowest BCUT2D eigenvalue weighted by Gasteiger charge is -2.20. The van der Waals surface area contributed by atoms with E-state index in [4.69, 9.17) is 9.84 Å². The molecule has 0 heterocycles. The standard InChI is InChI=1S/C12H23N3O5/c1-4-8(2)10(11(17)18)15-12(19)14-7-9(16)13-5-6-20-3/h8,10H,4-7H2,1-3H3,(H,13,16)(H,17,18)(H2,14,15,19)/t8-,10-/m0/s1. The molecule has 0 aromatic rings. The molecular formula is C12H23N3O5. The Morgan fingerprint density at radius 1 is 1.25 bits per heavy atom. The Kier molecular flexibility index (Phi) is 9.10. The van der Waals surface area contributed by atoms with Gasteiger partial charge in [0.1, 0.15) is 6.04 Å². The van der Waals surface area contributed by atoms with Crippen molar-refractivity contribution in [2.75, 3.05) is 26.8 Å². The second-order valence-electron chi connectivity index (χ2n) is 4.37. The Balaban J connectivity index is 4.08. The number of amides is 3. The number of carboxylic acids is 1. The first-order chi connectivity index (χ1) is 9.42. The van der Waals surface area contributed by atoms with Crippen LogP contribution in [0.5, 0.6) is 0 Å². The van der Waals surface area contributed by atoms with Crippen molar-refractivity contribution < 1.29 is 24.2 Å². The van der Waals surface area contributed by atoms with Gasteiger partial charge in [0.15, 0.2) is 0 Å². The summed E-state index contributed by atoms with van der Waals surface area (Å²) in [5.74, 6) is -1.67. The zero-order valence-electron chi connectivity index (χ0n) is 12.1. The molecule has 2 atom stereocenters. The van der Waals surface area contributed by atoms with Crippen molar-refractivity contribution in [3.63, 3.8) is 0 Å². The second kappa shape index (κ2) is 10.0. The SMILES string of the molecule is CC[C@H](C)[C@H](NC(=O)NCC(=O)NCCOC)C(=O)O. The lowest BCUT2D eigenvalue weighted by Crippen LogP contribution is -2.50. The molecule has 8 nitrogen and oxygen atoms in total. The van der Waals surface area contributed by atoms with Crippen LogP contribution in [0.1, 0.15) is 20.3 Å². The Morgan fingerprint density at radius 2 is 1.90 bits per heavy atom. The van der Waals surface area contributed by atoms with Crippen LogP contribution in [0.2, 0.25) is 0 Å². The zero-order valence-corrected chi connectivity index (χ0v) is 12.1. The molecule has 4 N–H and O–H groups in total. The Bertz CT molecular complexity index is 335. The molecule has 0 aromatic heterocycles. The van der Waals surface area contributed by atoms with Crippen molar-refractivity contribution in [1.82, 2.24) is 16.0 Å². The van der Waals surface area contributed by atoms with Crippen molar-refractivity contribution in [1.29, 1.82) is 0 Å². The molecule has 0 radical (unpaired) electrons. The van der Waals surface area contributed by atoms with Gasteiger partial charge in [-0.2, -0.15) is 0 Å². The highest BCUT2D eigenvalue weighted by molar-refractivity contribution is 5.86. The van der Waals surface area contributed by atoms with Gasteiger partial charge in [-0.05, 0) is 5.92 Å². The van der Waals surface area contributed by atoms with Crippen LogP contribution in [0.3, 0.4) is 0 Å². The van der Waals surface area contributed by atoms with Gasteiger partial charge >= 0.3 is 12.0 Å². The summed E-state index contributed by atoms with van der Waals surface area (Å²) in [7, 11) is 1.51. The van der Waals surface area contributed by atoms with Crippen LogP contribution in [0.25, 0.3) is 0 Å². The molecule has 0 spiro atoms. The summed E-state index contributed by atoms with van der Waals surface area (Å²) in [4.78, 5) is 33.8. The monoisotopic (exact) mass is 289 g/mol. The summed E-state index contributed by atoms with van der Waals surface area (Å²) in [6, 6.07) is -1.66. The highest BCUT2D eigenvalue weighted by atomic mass is 16.5. The smallest absolute Gasteiger partial charge is 0.326 e. The molecule has 0 saturated heterocycles. The van der Waals surface area contributed by atoms with Gasteiger partial charge in [0, 0.05) is 13.7 Å². The Hall–Kier alpha value is -1.83. The molecule has 0 aromatic carbocycles. The molecule has 0 saturated carbocycles. The van der Waals surface area contributed by atoms with Crippen LogP contribution < -0.4 is 16.0 Å². The third-order valence-corrected chi connectivity index (χ3v) is 2.80. The first kappa shape index (κ1) is 18.2. The maximum Gasteiger partial charge on any atom is 0.326 e. The molecule has 0 fully saturated rings. The number of hydrogen-bond acceptors (Lipinski definition) is 4. The number of urea groups is 1. The van der Waals surface area contributed by atoms with Crippen molar-refractivity contribution in [2.45, 2.75) is 26.3 Å². The van der Waals surface area contributed by atoms with Crippen LogP contribution in [0.15, 0.2) is 0 Å². The summed E-state index contributed by atoms with van der Waals surface area (Å²) in [5, 5.41) is 16.2. The number of methoxy groups -OCH3 is 1. The quantitative estimate of drug-likeness (QED) is 0.429. The van der Waals surface area contributed by atoms with Gasteiger partial charge in [0.05, 0.1) is 13.2 Å². The first-order valence-corrected chi connectivity index (χ1v) is 6.45. The van der Waals surface area contributed by atoms with Gasteiger partial charge in [0.2, 0.25) is 5.91 Å². The van der Waals surface area contributed by atoms with E-state index in [2.05, 4.69) is 16.0 Å². The van der Waals surface area contributed by atoms with Crippen molar-refractivity contribution >= 4 is 17.9 Å². The molecular weight excluding hydrogens is 266 g/mol. The minimum Gasteiger partial charge on any atom is -0.480 e. The van der Waals surface area contributed by atoms with E-state index in [1.165, 1.54) is 7.11 Å². The minimum absolute atomic E-state index is 0.200. The number of hydrogen-bond donors (Lipinski definition) is 4. The Labute approximate surface area is 118 Å². The fourth-order valence-corrected chi connectivity index (χ4v) is 1.39. The lowest BCUT2D eigenvalue weighted by atomic mass is 9.99. The topological polar surface area (TPSA) is 117 Å². The number of nitrogens with one attached hydrogen (secondary N) is 3. The highest BCUT2D eigenvalue weighted by Gasteiger charge is 2.25. The third kappa shape index (κ3) is 7.57. The van der Waals surface area contributed by atoms with Crippen LogP contribution >= 0.6 is 0 Å². The molecule has 0 aliphatic heterocycles. The summed E-state index contributed by atoms with van der Waals surface area (Å²) < 4.78 is 4.76. The van der Waals surface area contributed by atoms with Crippen molar-refractivity contribution in [3.05, 3.63) is 0 Å². The molecule has 0 aliphatic carbocycles. The molecule has 0 rings (SSSR count). The van der Waals surface area contributed by atoms with E-state index in [1.807, 2.05) is 6.92 Å². The summed E-state index contributed by atoms with van der Waals surface area (Å²) >= 11 is 0. The molecule has 0 unspecified atom stereocenters. The molecule has 0 bridgehead atoms. The maximum absolute atomic E-state index is 11.5. The molecule has 8 heteroatoms. The minimum atomic E-state index is -1.10. The highest BCUT2D eigenvalue weighted by Crippen LogP contribution is 2.07. The number of carbonyl (C=O) groups is 3. The van der Waals surface area contributed by atoms with E-state index in [-0.39, 0.29) is 18.4 Å². The zero-order chi connectivity index (χ0) is 15.5. The number of carbonyl (C=O) groups excluding carboxylic acids is 2. The molecule has 116 valence electrons. The first-order valence-electron chi connectivity index (χ1n) is 6.45. The predicted octanol–water partition coefficient (Wildman–Crippen LogP) is -0.452.